The van der Waals surface area contributed by atoms with Crippen LogP contribution in [0.5, 0.6) is 0 Å². The van der Waals surface area contributed by atoms with Gasteiger partial charge < -0.3 is 31.9 Å². The molecule has 0 heterocycles. The van der Waals surface area contributed by atoms with Crippen LogP contribution in [0.2, 0.25) is 0 Å². The van der Waals surface area contributed by atoms with Gasteiger partial charge >= 0.3 is 23.9 Å². The van der Waals surface area contributed by atoms with Gasteiger partial charge in [0.2, 0.25) is 0 Å². The van der Waals surface area contributed by atoms with Crippen molar-refractivity contribution in [3.05, 3.63) is 0 Å². The van der Waals surface area contributed by atoms with Gasteiger partial charge in [-0.25, -0.2) is 0 Å². The summed E-state index contributed by atoms with van der Waals surface area (Å²) in [5, 5.41) is 32.1. The second kappa shape index (κ2) is 14.2. The molecule has 0 bridgehead atoms. The van der Waals surface area contributed by atoms with E-state index in [4.69, 9.17) is 31.9 Å². The van der Waals surface area contributed by atoms with E-state index in [1.807, 2.05) is 0 Å². The van der Waals surface area contributed by atoms with Gasteiger partial charge in [-0.05, 0) is 0 Å². The average Bonchev–Trinajstić information content (AvgIpc) is 2.16. The molecule has 0 fully saturated rings. The van der Waals surface area contributed by atoms with Gasteiger partial charge in [-0.2, -0.15) is 0 Å². The van der Waals surface area contributed by atoms with Gasteiger partial charge in [-0.15, -0.1) is 0 Å². The maximum absolute atomic E-state index is 9.85. The number of aliphatic carboxylic acids is 4. The molecule has 0 aromatic rings. The molecule has 0 aromatic carbocycles. The number of rotatable bonds is 6. The van der Waals surface area contributed by atoms with Crippen LogP contribution in [-0.4, -0.2) is 56.4 Å². The van der Waals surface area contributed by atoms with Gasteiger partial charge in [-0.3, -0.25) is 19.2 Å². The fraction of sp³-hybridized carbons (Fsp3) is 0.500. The molecule has 1 radical (unpaired) electrons. The smallest absolute Gasteiger partial charge is 0.321 e. The van der Waals surface area contributed by atoms with Crippen molar-refractivity contribution in [3.63, 3.8) is 0 Å². The summed E-state index contributed by atoms with van der Waals surface area (Å²) in [4.78, 5) is 39.2. The van der Waals surface area contributed by atoms with E-state index in [1.54, 1.807) is 0 Å². The minimum atomic E-state index is -1.29. The van der Waals surface area contributed by atoms with Crippen LogP contribution in [0.1, 0.15) is 12.8 Å². The van der Waals surface area contributed by atoms with E-state index in [0.29, 0.717) is 0 Å². The molecule has 20 heavy (non-hydrogen) atoms. The molecular formula is C8H14CoN2NiO8. The van der Waals surface area contributed by atoms with Crippen LogP contribution in [0, 0.1) is 0 Å². The number of hydrogen-bond donors (Lipinski definition) is 6. The zero-order valence-electron chi connectivity index (χ0n) is 9.80. The summed E-state index contributed by atoms with van der Waals surface area (Å²) in [6, 6.07) is -2.58. The van der Waals surface area contributed by atoms with Crippen LogP contribution in [-0.2, 0) is 52.4 Å². The van der Waals surface area contributed by atoms with E-state index in [0.717, 1.165) is 0 Å². The second-order valence-electron chi connectivity index (χ2n) is 3.09. The first-order valence-corrected chi connectivity index (χ1v) is 4.48. The molecule has 0 saturated heterocycles. The van der Waals surface area contributed by atoms with E-state index in [-0.39, 0.29) is 33.3 Å². The topological polar surface area (TPSA) is 201 Å². The summed E-state index contributed by atoms with van der Waals surface area (Å²) in [5.74, 6) is -5.00. The number of hydrogen-bond acceptors (Lipinski definition) is 6. The summed E-state index contributed by atoms with van der Waals surface area (Å²) in [6.07, 6.45) is -1.06. The Balaban J connectivity index is -0.000000116. The third-order valence-corrected chi connectivity index (χ3v) is 1.42. The first kappa shape index (κ1) is 27.2. The van der Waals surface area contributed by atoms with E-state index in [9.17, 15) is 19.2 Å². The largest absolute Gasteiger partial charge is 0.481 e. The third-order valence-electron chi connectivity index (χ3n) is 1.42. The van der Waals surface area contributed by atoms with Crippen molar-refractivity contribution in [2.75, 3.05) is 0 Å². The average molecular weight is 384 g/mol. The Morgan fingerprint density at radius 1 is 0.750 bits per heavy atom. The van der Waals surface area contributed by atoms with E-state index < -0.39 is 48.8 Å². The van der Waals surface area contributed by atoms with Crippen molar-refractivity contribution in [2.24, 2.45) is 11.5 Å². The second-order valence-corrected chi connectivity index (χ2v) is 3.09. The van der Waals surface area contributed by atoms with Crippen molar-refractivity contribution >= 4 is 23.9 Å². The van der Waals surface area contributed by atoms with Gasteiger partial charge in [0.15, 0.2) is 0 Å². The zero-order valence-corrected chi connectivity index (χ0v) is 11.8. The third kappa shape index (κ3) is 19.1. The van der Waals surface area contributed by atoms with E-state index in [2.05, 4.69) is 0 Å². The van der Waals surface area contributed by atoms with Crippen molar-refractivity contribution < 1.29 is 72.9 Å². The number of nitrogens with two attached hydrogens (primary N) is 2. The normalized spacial score (nSPS) is 11.3. The van der Waals surface area contributed by atoms with Crippen LogP contribution >= 0.6 is 0 Å². The van der Waals surface area contributed by atoms with Crippen molar-refractivity contribution in [2.45, 2.75) is 24.9 Å². The summed E-state index contributed by atoms with van der Waals surface area (Å²) in [5.41, 5.74) is 9.67. The summed E-state index contributed by atoms with van der Waals surface area (Å²) < 4.78 is 0. The Bertz CT molecular complexity index is 308. The zero-order chi connectivity index (χ0) is 14.9. The van der Waals surface area contributed by atoms with E-state index in [1.165, 1.54) is 0 Å². The molecule has 0 aliphatic carbocycles. The predicted molar refractivity (Wildman–Crippen MR) is 55.7 cm³/mol. The number of carboxylic acids is 4. The molecule has 0 aliphatic rings. The summed E-state index contributed by atoms with van der Waals surface area (Å²) in [7, 11) is 0. The molecule has 0 aromatic heterocycles. The maximum atomic E-state index is 9.85. The number of carbonyl (C=O) groups is 4. The van der Waals surface area contributed by atoms with Gasteiger partial charge in [-0.1, -0.05) is 0 Å². The van der Waals surface area contributed by atoms with Crippen molar-refractivity contribution in [1.82, 2.24) is 0 Å². The van der Waals surface area contributed by atoms with Gasteiger partial charge in [0.05, 0.1) is 12.8 Å². The molecule has 10 nitrogen and oxygen atoms in total. The van der Waals surface area contributed by atoms with Crippen LogP contribution in [0.25, 0.3) is 0 Å². The monoisotopic (exact) mass is 383 g/mol. The SMILES string of the molecule is N[C@H](CC(=O)O)C(=O)O.N[C@H](CC(=O)O)C(=O)O.[Co].[Ni]. The molecule has 12 heteroatoms. The van der Waals surface area contributed by atoms with Crippen molar-refractivity contribution in [1.29, 1.82) is 0 Å². The Morgan fingerprint density at radius 2 is 0.950 bits per heavy atom. The molecular weight excluding hydrogens is 370 g/mol. The molecule has 0 unspecified atom stereocenters. The minimum absolute atomic E-state index is 0. The summed E-state index contributed by atoms with van der Waals surface area (Å²) in [6.45, 7) is 0. The quantitative estimate of drug-likeness (QED) is 0.272. The van der Waals surface area contributed by atoms with Crippen LogP contribution in [0.4, 0.5) is 0 Å². The van der Waals surface area contributed by atoms with Crippen LogP contribution in [0.15, 0.2) is 0 Å². The molecule has 0 rings (SSSR count). The molecule has 0 saturated carbocycles. The first-order valence-electron chi connectivity index (χ1n) is 4.48. The molecule has 0 amide bonds. The van der Waals surface area contributed by atoms with Gasteiger partial charge in [0.1, 0.15) is 12.1 Å². The fourth-order valence-corrected chi connectivity index (χ4v) is 0.551. The van der Waals surface area contributed by atoms with E-state index >= 15 is 0 Å². The molecule has 0 aliphatic heterocycles. The minimum Gasteiger partial charge on any atom is -0.481 e. The molecule has 8 N–H and O–H groups in total. The predicted octanol–water partition coefficient (Wildman–Crippen LogP) is -2.26. The van der Waals surface area contributed by atoms with Gasteiger partial charge in [0, 0.05) is 33.3 Å². The summed E-state index contributed by atoms with van der Waals surface area (Å²) >= 11 is 0. The Hall–Kier alpha value is -1.20. The molecule has 2 atom stereocenters. The Morgan fingerprint density at radius 3 is 1.00 bits per heavy atom. The molecule has 0 spiro atoms. The maximum Gasteiger partial charge on any atom is 0.321 e. The number of carboxylic acid groups (broad SMARTS) is 4. The van der Waals surface area contributed by atoms with Crippen LogP contribution < -0.4 is 11.5 Å². The Kier molecular flexibility index (Phi) is 19.3. The first-order chi connectivity index (χ1) is 8.07. The fourth-order valence-electron chi connectivity index (χ4n) is 0.551. The molecule has 123 valence electrons. The van der Waals surface area contributed by atoms with Crippen molar-refractivity contribution in [3.8, 4) is 0 Å². The Labute approximate surface area is 133 Å². The van der Waals surface area contributed by atoms with Crippen LogP contribution in [0.3, 0.4) is 0 Å². The standard InChI is InChI=1S/2C4H7NO4.Co.Ni/c2*5-2(4(8)9)1-3(6)7;;/h2*2H,1,5H2,(H,6,7)(H,8,9);;/t2*2-;;/m11../s1. The van der Waals surface area contributed by atoms with Gasteiger partial charge in [0.25, 0.3) is 0 Å².